The van der Waals surface area contributed by atoms with Crippen molar-refractivity contribution in [2.75, 3.05) is 6.54 Å². The van der Waals surface area contributed by atoms with Crippen LogP contribution in [0.1, 0.15) is 64.7 Å². The number of carbonyl (C=O) groups is 1. The van der Waals surface area contributed by atoms with Crippen molar-refractivity contribution in [2.24, 2.45) is 0 Å². The van der Waals surface area contributed by atoms with Gasteiger partial charge in [0.1, 0.15) is 0 Å². The van der Waals surface area contributed by atoms with E-state index in [1.807, 2.05) is 6.92 Å². The van der Waals surface area contributed by atoms with Crippen LogP contribution in [-0.2, 0) is 4.79 Å². The van der Waals surface area contributed by atoms with Gasteiger partial charge >= 0.3 is 35.8 Å². The zero-order valence-electron chi connectivity index (χ0n) is 17.4. The normalized spacial score (nSPS) is 14.5. The molecule has 0 heterocycles. The van der Waals surface area contributed by atoms with Gasteiger partial charge in [-0.3, -0.25) is 4.79 Å². The number of alkyl halides is 13. The van der Waals surface area contributed by atoms with Crippen LogP contribution >= 0.6 is 0 Å². The van der Waals surface area contributed by atoms with Crippen LogP contribution in [-0.4, -0.2) is 48.2 Å². The largest absolute Gasteiger partial charge is 0.460 e. The van der Waals surface area contributed by atoms with Gasteiger partial charge in [-0.2, -0.15) is 57.1 Å². The molecule has 0 aromatic carbocycles. The Kier molecular flexibility index (Phi) is 10.8. The van der Waals surface area contributed by atoms with Gasteiger partial charge in [-0.25, -0.2) is 0 Å². The van der Waals surface area contributed by atoms with E-state index in [2.05, 4.69) is 0 Å². The summed E-state index contributed by atoms with van der Waals surface area (Å²) in [4.78, 5) is 11.2. The molecule has 0 spiro atoms. The summed E-state index contributed by atoms with van der Waals surface area (Å²) in [5.41, 5.74) is 0. The molecule has 0 saturated carbocycles. The van der Waals surface area contributed by atoms with Gasteiger partial charge < -0.3 is 5.32 Å². The Balaban J connectivity index is 5.08. The van der Waals surface area contributed by atoms with E-state index in [1.165, 1.54) is 0 Å². The number of halogens is 13. The van der Waals surface area contributed by atoms with E-state index < -0.39 is 48.2 Å². The van der Waals surface area contributed by atoms with Gasteiger partial charge in [-0.1, -0.05) is 58.3 Å². The lowest BCUT2D eigenvalue weighted by atomic mass is 9.93. The second-order valence-corrected chi connectivity index (χ2v) is 7.45. The van der Waals surface area contributed by atoms with Gasteiger partial charge in [0.25, 0.3) is 5.91 Å². The lowest BCUT2D eigenvalue weighted by molar-refractivity contribution is -0.436. The van der Waals surface area contributed by atoms with Crippen molar-refractivity contribution in [1.82, 2.24) is 5.32 Å². The second-order valence-electron chi connectivity index (χ2n) is 7.45. The maximum Gasteiger partial charge on any atom is 0.460 e. The molecule has 1 N–H and O–H groups in total. The molecule has 0 unspecified atom stereocenters. The second kappa shape index (κ2) is 11.3. The quantitative estimate of drug-likeness (QED) is 0.178. The summed E-state index contributed by atoms with van der Waals surface area (Å²) in [5, 5.41) is 1.08. The third-order valence-electron chi connectivity index (χ3n) is 4.78. The average molecular weight is 517 g/mol. The van der Waals surface area contributed by atoms with Gasteiger partial charge in [-0.05, 0) is 6.42 Å². The van der Waals surface area contributed by atoms with Crippen LogP contribution in [0.4, 0.5) is 57.1 Å². The van der Waals surface area contributed by atoms with Crippen molar-refractivity contribution in [1.29, 1.82) is 0 Å². The first kappa shape index (κ1) is 31.6. The summed E-state index contributed by atoms with van der Waals surface area (Å²) in [6, 6.07) is 0. The molecule has 0 aliphatic rings. The predicted octanol–water partition coefficient (Wildman–Crippen LogP) is 7.37. The monoisotopic (exact) mass is 517 g/mol. The molecule has 0 bridgehead atoms. The van der Waals surface area contributed by atoms with Crippen LogP contribution in [0.2, 0.25) is 0 Å². The van der Waals surface area contributed by atoms with E-state index in [-0.39, 0.29) is 6.42 Å². The average Bonchev–Trinajstić information content (AvgIpc) is 2.67. The molecule has 198 valence electrons. The molecule has 2 nitrogen and oxygen atoms in total. The van der Waals surface area contributed by atoms with Crippen LogP contribution in [0.5, 0.6) is 0 Å². The van der Waals surface area contributed by atoms with Crippen LogP contribution in [0, 0.1) is 0 Å². The summed E-state index contributed by atoms with van der Waals surface area (Å²) in [5.74, 6) is -41.3. The number of amides is 1. The Morgan fingerprint density at radius 2 is 0.909 bits per heavy atom. The lowest BCUT2D eigenvalue weighted by Gasteiger charge is -2.39. The van der Waals surface area contributed by atoms with E-state index in [0.29, 0.717) is 12.8 Å². The molecule has 0 aliphatic carbocycles. The van der Waals surface area contributed by atoms with Crippen molar-refractivity contribution in [3.63, 3.8) is 0 Å². The number of nitrogens with one attached hydrogen (secondary N) is 1. The third-order valence-corrected chi connectivity index (χ3v) is 4.78. The van der Waals surface area contributed by atoms with E-state index in [0.717, 1.165) is 43.8 Å². The summed E-state index contributed by atoms with van der Waals surface area (Å²) < 4.78 is 169. The Hall–Kier alpha value is -1.44. The van der Waals surface area contributed by atoms with E-state index in [4.69, 9.17) is 0 Å². The number of hydrogen-bond donors (Lipinski definition) is 1. The maximum absolute atomic E-state index is 13.6. The standard InChI is InChI=1S/C18H24F13NO/c1-2-3-4-5-6-7-8-9-10-11-32-12(33)13(19,20)14(21,22)15(23,24)16(25,26)17(27,28)18(29,30)31/h2-11H2,1H3,(H,32,33). The highest BCUT2D eigenvalue weighted by Gasteiger charge is 2.91. The molecule has 0 aromatic rings. The molecule has 0 aliphatic heterocycles. The number of carbonyl (C=O) groups excluding carboxylic acids is 1. The molecule has 0 saturated heterocycles. The number of hydrogen-bond acceptors (Lipinski definition) is 1. The molecular weight excluding hydrogens is 493 g/mol. The third kappa shape index (κ3) is 6.58. The Morgan fingerprint density at radius 3 is 1.30 bits per heavy atom. The highest BCUT2D eigenvalue weighted by molar-refractivity contribution is 5.84. The summed E-state index contributed by atoms with van der Waals surface area (Å²) >= 11 is 0. The van der Waals surface area contributed by atoms with Gasteiger partial charge in [0.2, 0.25) is 0 Å². The van der Waals surface area contributed by atoms with E-state index in [1.54, 1.807) is 0 Å². The molecule has 1 amide bonds. The van der Waals surface area contributed by atoms with Gasteiger partial charge in [-0.15, -0.1) is 0 Å². The van der Waals surface area contributed by atoms with Gasteiger partial charge in [0.15, 0.2) is 0 Å². The van der Waals surface area contributed by atoms with Crippen LogP contribution in [0.3, 0.4) is 0 Å². The molecule has 0 rings (SSSR count). The molecule has 0 radical (unpaired) electrons. The summed E-state index contributed by atoms with van der Waals surface area (Å²) in [7, 11) is 0. The SMILES string of the molecule is CCCCCCCCCCCNC(=O)C(F)(F)C(F)(F)C(F)(F)C(F)(F)C(F)(F)C(F)(F)F. The first-order chi connectivity index (χ1) is 14.7. The van der Waals surface area contributed by atoms with Crippen LogP contribution in [0.25, 0.3) is 0 Å². The van der Waals surface area contributed by atoms with Gasteiger partial charge in [0, 0.05) is 6.54 Å². The van der Waals surface area contributed by atoms with E-state index >= 15 is 0 Å². The zero-order valence-corrected chi connectivity index (χ0v) is 17.4. The smallest absolute Gasteiger partial charge is 0.351 e. The molecule has 0 atom stereocenters. The van der Waals surface area contributed by atoms with Gasteiger partial charge in [0.05, 0.1) is 0 Å². The Morgan fingerprint density at radius 1 is 0.545 bits per heavy atom. The summed E-state index contributed by atoms with van der Waals surface area (Å²) in [6.45, 7) is 1.24. The Labute approximate surface area is 181 Å². The minimum Gasteiger partial charge on any atom is -0.351 e. The highest BCUT2D eigenvalue weighted by atomic mass is 19.4. The topological polar surface area (TPSA) is 29.1 Å². The fraction of sp³-hybridized carbons (Fsp3) is 0.944. The van der Waals surface area contributed by atoms with Crippen molar-refractivity contribution < 1.29 is 61.9 Å². The molecular formula is C18H24F13NO. The molecule has 33 heavy (non-hydrogen) atoms. The minimum absolute atomic E-state index is 0.0962. The molecule has 0 fully saturated rings. The van der Waals surface area contributed by atoms with Crippen LogP contribution < -0.4 is 5.32 Å². The number of unbranched alkanes of at least 4 members (excludes halogenated alkanes) is 8. The fourth-order valence-corrected chi connectivity index (χ4v) is 2.66. The van der Waals surface area contributed by atoms with Crippen LogP contribution in [0.15, 0.2) is 0 Å². The fourth-order valence-electron chi connectivity index (χ4n) is 2.66. The Bertz CT molecular complexity index is 617. The van der Waals surface area contributed by atoms with E-state index in [9.17, 15) is 61.9 Å². The van der Waals surface area contributed by atoms with Crippen molar-refractivity contribution in [3.8, 4) is 0 Å². The number of rotatable bonds is 15. The maximum atomic E-state index is 13.6. The van der Waals surface area contributed by atoms with Crippen molar-refractivity contribution in [2.45, 2.75) is 101 Å². The first-order valence-electron chi connectivity index (χ1n) is 9.97. The molecule has 0 aromatic heterocycles. The predicted molar refractivity (Wildman–Crippen MR) is 91.0 cm³/mol. The first-order valence-corrected chi connectivity index (χ1v) is 9.97. The highest BCUT2D eigenvalue weighted by Crippen LogP contribution is 2.60. The van der Waals surface area contributed by atoms with Crippen molar-refractivity contribution >= 4 is 5.91 Å². The minimum atomic E-state index is -8.01. The lowest BCUT2D eigenvalue weighted by Crippen LogP contribution is -2.72. The zero-order chi connectivity index (χ0) is 26.4. The van der Waals surface area contributed by atoms with Crippen molar-refractivity contribution in [3.05, 3.63) is 0 Å². The molecule has 15 heteroatoms. The summed E-state index contributed by atoms with van der Waals surface area (Å²) in [6.07, 6.45) is -1.14.